The number of thioether (sulfide) groups is 1. The lowest BCUT2D eigenvalue weighted by Crippen LogP contribution is -2.36. The molecule has 1 aromatic heterocycles. The first-order valence-corrected chi connectivity index (χ1v) is 7.57. The van der Waals surface area contributed by atoms with Crippen LogP contribution < -0.4 is 5.32 Å². The van der Waals surface area contributed by atoms with Gasteiger partial charge in [-0.15, -0.1) is 22.0 Å². The van der Waals surface area contributed by atoms with Crippen LogP contribution in [0.3, 0.4) is 0 Å². The molecule has 19 heavy (non-hydrogen) atoms. The van der Waals surface area contributed by atoms with E-state index in [1.54, 1.807) is 11.8 Å². The molecule has 0 spiro atoms. The van der Waals surface area contributed by atoms with Crippen LogP contribution in [0.2, 0.25) is 0 Å². The van der Waals surface area contributed by atoms with Crippen LogP contribution in [0.15, 0.2) is 17.0 Å². The average molecular weight is 274 g/mol. The van der Waals surface area contributed by atoms with Gasteiger partial charge >= 0.3 is 0 Å². The Morgan fingerprint density at radius 3 is 2.63 bits per heavy atom. The zero-order chi connectivity index (χ0) is 13.8. The van der Waals surface area contributed by atoms with Crippen molar-refractivity contribution in [2.24, 2.45) is 0 Å². The zero-order valence-electron chi connectivity index (χ0n) is 11.9. The molecule has 0 radical (unpaired) electrons. The van der Waals surface area contributed by atoms with Gasteiger partial charge < -0.3 is 5.32 Å². The smallest absolute Gasteiger partial charge is 0.162 e. The molecule has 3 rings (SSSR count). The van der Waals surface area contributed by atoms with E-state index in [-0.39, 0.29) is 5.54 Å². The summed E-state index contributed by atoms with van der Waals surface area (Å²) >= 11 is 1.76. The van der Waals surface area contributed by atoms with Gasteiger partial charge in [-0.1, -0.05) is 6.07 Å². The molecule has 100 valence electrons. The summed E-state index contributed by atoms with van der Waals surface area (Å²) in [4.78, 5) is 1.26. The molecule has 1 aromatic carbocycles. The normalized spacial score (nSPS) is 15.6. The molecule has 2 aromatic rings. The molecule has 4 nitrogen and oxygen atoms in total. The Bertz CT molecular complexity index is 658. The lowest BCUT2D eigenvalue weighted by Gasteiger charge is -2.35. The summed E-state index contributed by atoms with van der Waals surface area (Å²) in [6.45, 7) is 8.42. The predicted molar refractivity (Wildman–Crippen MR) is 79.3 cm³/mol. The predicted octanol–water partition coefficient (Wildman–Crippen LogP) is 3.27. The van der Waals surface area contributed by atoms with Crippen molar-refractivity contribution < 1.29 is 0 Å². The third kappa shape index (κ3) is 1.68. The molecule has 1 N–H and O–H groups in total. The first kappa shape index (κ1) is 12.5. The summed E-state index contributed by atoms with van der Waals surface area (Å²) in [6.07, 6.45) is 2.11. The molecule has 0 atom stereocenters. The number of hydrogen-bond donors (Lipinski definition) is 1. The average Bonchev–Trinajstić information content (AvgIpc) is 2.73. The molecule has 1 aliphatic rings. The molecule has 0 aliphatic carbocycles. The van der Waals surface area contributed by atoms with Crippen LogP contribution in [0, 0.1) is 13.8 Å². The van der Waals surface area contributed by atoms with Crippen LogP contribution in [0.5, 0.6) is 0 Å². The van der Waals surface area contributed by atoms with Crippen molar-refractivity contribution in [3.8, 4) is 5.69 Å². The molecule has 0 saturated carbocycles. The van der Waals surface area contributed by atoms with E-state index in [9.17, 15) is 0 Å². The fourth-order valence-electron chi connectivity index (χ4n) is 2.66. The van der Waals surface area contributed by atoms with Crippen molar-refractivity contribution in [3.63, 3.8) is 0 Å². The summed E-state index contributed by atoms with van der Waals surface area (Å²) in [5.74, 6) is 1.91. The van der Waals surface area contributed by atoms with Crippen LogP contribution in [-0.4, -0.2) is 21.0 Å². The summed E-state index contributed by atoms with van der Waals surface area (Å²) in [5.41, 5.74) is 3.39. The number of anilines is 1. The van der Waals surface area contributed by atoms with Gasteiger partial charge in [-0.05, 0) is 45.6 Å². The van der Waals surface area contributed by atoms with Gasteiger partial charge in [0.25, 0.3) is 0 Å². The Kier molecular flexibility index (Phi) is 2.64. The van der Waals surface area contributed by atoms with Crippen LogP contribution in [0.25, 0.3) is 5.69 Å². The van der Waals surface area contributed by atoms with Gasteiger partial charge in [0, 0.05) is 4.90 Å². The molecule has 0 saturated heterocycles. The standard InChI is InChI=1S/C14H18N4S/c1-8-6-7-10(19-5)11-12(8)18-9(2)16-17-13(18)14(3,4)15-11/h6-7,15H,1-5H3. The highest BCUT2D eigenvalue weighted by atomic mass is 32.2. The van der Waals surface area contributed by atoms with Gasteiger partial charge in [0.15, 0.2) is 5.82 Å². The Labute approximate surface area is 117 Å². The minimum absolute atomic E-state index is 0.216. The number of fused-ring (bicyclic) bond motifs is 3. The Balaban J connectivity index is 2.40. The van der Waals surface area contributed by atoms with E-state index < -0.39 is 0 Å². The topological polar surface area (TPSA) is 42.7 Å². The van der Waals surface area contributed by atoms with Crippen LogP contribution in [0.4, 0.5) is 5.69 Å². The van der Waals surface area contributed by atoms with Gasteiger partial charge in [0.05, 0.1) is 16.9 Å². The van der Waals surface area contributed by atoms with Crippen LogP contribution in [-0.2, 0) is 5.54 Å². The molecule has 0 amide bonds. The van der Waals surface area contributed by atoms with Crippen molar-refractivity contribution in [1.82, 2.24) is 14.8 Å². The van der Waals surface area contributed by atoms with Gasteiger partial charge in [0.1, 0.15) is 5.82 Å². The molecule has 0 fully saturated rings. The SMILES string of the molecule is CSc1ccc(C)c2c1NC(C)(C)c1nnc(C)n1-2. The van der Waals surface area contributed by atoms with Gasteiger partial charge in [0.2, 0.25) is 0 Å². The highest BCUT2D eigenvalue weighted by Crippen LogP contribution is 2.42. The van der Waals surface area contributed by atoms with E-state index in [0.29, 0.717) is 0 Å². The molecule has 2 heterocycles. The molecule has 5 heteroatoms. The minimum atomic E-state index is -0.216. The zero-order valence-corrected chi connectivity index (χ0v) is 12.7. The molecule has 1 aliphatic heterocycles. The summed E-state index contributed by atoms with van der Waals surface area (Å²) in [6, 6.07) is 4.33. The fraction of sp³-hybridized carbons (Fsp3) is 0.429. The second-order valence-corrected chi connectivity index (χ2v) is 6.31. The molecular formula is C14H18N4S. The highest BCUT2D eigenvalue weighted by Gasteiger charge is 2.35. The van der Waals surface area contributed by atoms with Crippen LogP contribution in [0.1, 0.15) is 31.1 Å². The Hall–Kier alpha value is -1.49. The largest absolute Gasteiger partial charge is 0.370 e. The molecular weight excluding hydrogens is 256 g/mol. The maximum Gasteiger partial charge on any atom is 0.162 e. The molecule has 0 bridgehead atoms. The second-order valence-electron chi connectivity index (χ2n) is 5.46. The van der Waals surface area contributed by atoms with Crippen molar-refractivity contribution in [1.29, 1.82) is 0 Å². The fourth-order valence-corrected chi connectivity index (χ4v) is 3.21. The number of aromatic nitrogens is 3. The number of hydrogen-bond acceptors (Lipinski definition) is 4. The van der Waals surface area contributed by atoms with E-state index in [1.807, 2.05) is 6.92 Å². The Morgan fingerprint density at radius 1 is 1.21 bits per heavy atom. The first-order chi connectivity index (χ1) is 8.95. The van der Waals surface area contributed by atoms with E-state index in [0.717, 1.165) is 11.6 Å². The lowest BCUT2D eigenvalue weighted by molar-refractivity contribution is 0.532. The highest BCUT2D eigenvalue weighted by molar-refractivity contribution is 7.98. The number of aryl methyl sites for hydroxylation is 2. The van der Waals surface area contributed by atoms with Gasteiger partial charge in [-0.25, -0.2) is 0 Å². The van der Waals surface area contributed by atoms with Crippen molar-refractivity contribution in [2.75, 3.05) is 11.6 Å². The number of nitrogens with one attached hydrogen (secondary N) is 1. The first-order valence-electron chi connectivity index (χ1n) is 6.34. The molecule has 0 unspecified atom stereocenters. The van der Waals surface area contributed by atoms with E-state index >= 15 is 0 Å². The monoisotopic (exact) mass is 274 g/mol. The number of benzene rings is 1. The maximum absolute atomic E-state index is 4.35. The van der Waals surface area contributed by atoms with Crippen molar-refractivity contribution in [3.05, 3.63) is 29.3 Å². The third-order valence-electron chi connectivity index (χ3n) is 3.61. The number of nitrogens with zero attached hydrogens (tertiary/aromatic N) is 3. The lowest BCUT2D eigenvalue weighted by atomic mass is 9.98. The summed E-state index contributed by atoms with van der Waals surface area (Å²) < 4.78 is 2.18. The van der Waals surface area contributed by atoms with Gasteiger partial charge in [-0.3, -0.25) is 4.57 Å². The van der Waals surface area contributed by atoms with Crippen molar-refractivity contribution >= 4 is 17.4 Å². The summed E-state index contributed by atoms with van der Waals surface area (Å²) in [5, 5.41) is 12.2. The van der Waals surface area contributed by atoms with E-state index in [2.05, 4.69) is 59.2 Å². The van der Waals surface area contributed by atoms with E-state index in [1.165, 1.54) is 21.8 Å². The second kappa shape index (κ2) is 4.00. The van der Waals surface area contributed by atoms with Crippen LogP contribution >= 0.6 is 11.8 Å². The maximum atomic E-state index is 4.35. The van der Waals surface area contributed by atoms with Crippen molar-refractivity contribution in [2.45, 2.75) is 38.1 Å². The Morgan fingerprint density at radius 2 is 1.95 bits per heavy atom. The minimum Gasteiger partial charge on any atom is -0.370 e. The van der Waals surface area contributed by atoms with E-state index in [4.69, 9.17) is 0 Å². The third-order valence-corrected chi connectivity index (χ3v) is 4.39. The van der Waals surface area contributed by atoms with Gasteiger partial charge in [-0.2, -0.15) is 0 Å². The summed E-state index contributed by atoms with van der Waals surface area (Å²) in [7, 11) is 0. The quantitative estimate of drug-likeness (QED) is 0.811. The number of rotatable bonds is 1.